The lowest BCUT2D eigenvalue weighted by molar-refractivity contribution is -0.946. The van der Waals surface area contributed by atoms with Crippen molar-refractivity contribution in [2.45, 2.75) is 19.0 Å². The van der Waals surface area contributed by atoms with E-state index >= 15 is 0 Å². The molecule has 4 rings (SSSR count). The highest BCUT2D eigenvalue weighted by molar-refractivity contribution is 5.94. The third kappa shape index (κ3) is 4.19. The van der Waals surface area contributed by atoms with Crippen molar-refractivity contribution >= 4 is 5.91 Å². The van der Waals surface area contributed by atoms with Crippen molar-refractivity contribution in [3.63, 3.8) is 0 Å². The van der Waals surface area contributed by atoms with Gasteiger partial charge >= 0.3 is 0 Å². The van der Waals surface area contributed by atoms with Crippen molar-refractivity contribution in [2.75, 3.05) is 27.3 Å². The van der Waals surface area contributed by atoms with Gasteiger partial charge in [0.2, 0.25) is 0 Å². The van der Waals surface area contributed by atoms with Gasteiger partial charge in [0.1, 0.15) is 6.54 Å². The second-order valence-electron chi connectivity index (χ2n) is 7.45. The molecule has 0 saturated heterocycles. The van der Waals surface area contributed by atoms with Crippen molar-refractivity contribution < 1.29 is 23.6 Å². The summed E-state index contributed by atoms with van der Waals surface area (Å²) in [5.74, 6) is 1.87. The minimum Gasteiger partial charge on any atom is -0.493 e. The van der Waals surface area contributed by atoms with Crippen LogP contribution in [0.4, 0.5) is 0 Å². The first-order chi connectivity index (χ1) is 14.7. The second kappa shape index (κ2) is 9.05. The molecule has 156 valence electrons. The Morgan fingerprint density at radius 3 is 2.60 bits per heavy atom. The fourth-order valence-corrected chi connectivity index (χ4v) is 4.11. The van der Waals surface area contributed by atoms with Crippen LogP contribution in [0.25, 0.3) is 0 Å². The lowest BCUT2D eigenvalue weighted by Crippen LogP contribution is -3.12. The molecule has 1 amide bonds. The fraction of sp³-hybridized carbons (Fsp3) is 0.292. The number of quaternary nitrogens is 1. The number of carbonyl (C=O) groups is 1. The SMILES string of the molecule is COc1ccc(C(=O)NC[C@@H](c2ccco2)[NH+]2CCc3ccccc3C2)cc1OC. The summed E-state index contributed by atoms with van der Waals surface area (Å²) in [7, 11) is 3.13. The molecule has 1 aliphatic rings. The molecule has 2 aromatic carbocycles. The number of hydrogen-bond acceptors (Lipinski definition) is 4. The van der Waals surface area contributed by atoms with Gasteiger partial charge in [-0.15, -0.1) is 0 Å². The minimum atomic E-state index is -0.149. The zero-order valence-corrected chi connectivity index (χ0v) is 17.3. The molecule has 2 atom stereocenters. The lowest BCUT2D eigenvalue weighted by Gasteiger charge is -2.31. The molecule has 6 nitrogen and oxygen atoms in total. The van der Waals surface area contributed by atoms with Gasteiger partial charge in [-0.1, -0.05) is 24.3 Å². The quantitative estimate of drug-likeness (QED) is 0.631. The zero-order chi connectivity index (χ0) is 20.9. The maximum Gasteiger partial charge on any atom is 0.251 e. The molecule has 30 heavy (non-hydrogen) atoms. The fourth-order valence-electron chi connectivity index (χ4n) is 4.11. The molecule has 1 aromatic heterocycles. The molecule has 0 fully saturated rings. The highest BCUT2D eigenvalue weighted by Crippen LogP contribution is 2.27. The number of rotatable bonds is 7. The van der Waals surface area contributed by atoms with E-state index in [-0.39, 0.29) is 11.9 Å². The molecule has 0 aliphatic carbocycles. The second-order valence-corrected chi connectivity index (χ2v) is 7.45. The van der Waals surface area contributed by atoms with Crippen molar-refractivity contribution in [3.8, 4) is 11.5 Å². The normalized spacial score (nSPS) is 16.4. The number of furan rings is 1. The van der Waals surface area contributed by atoms with Crippen LogP contribution in [0.15, 0.2) is 65.3 Å². The summed E-state index contributed by atoms with van der Waals surface area (Å²) in [6, 6.07) is 17.7. The van der Waals surface area contributed by atoms with E-state index in [0.717, 1.165) is 25.3 Å². The molecule has 6 heteroatoms. The van der Waals surface area contributed by atoms with Crippen molar-refractivity contribution in [3.05, 3.63) is 83.3 Å². The van der Waals surface area contributed by atoms with Gasteiger partial charge in [0.25, 0.3) is 5.91 Å². The van der Waals surface area contributed by atoms with Crippen molar-refractivity contribution in [1.82, 2.24) is 5.32 Å². The Hall–Kier alpha value is -3.25. The molecular formula is C24H27N2O4+. The number of methoxy groups -OCH3 is 2. The number of amides is 1. The monoisotopic (exact) mass is 407 g/mol. The van der Waals surface area contributed by atoms with Crippen LogP contribution in [-0.4, -0.2) is 33.2 Å². The summed E-state index contributed by atoms with van der Waals surface area (Å²) in [4.78, 5) is 14.2. The molecule has 0 spiro atoms. The van der Waals surface area contributed by atoms with Crippen molar-refractivity contribution in [1.29, 1.82) is 0 Å². The minimum absolute atomic E-state index is 0.0393. The van der Waals surface area contributed by atoms with E-state index in [9.17, 15) is 4.79 Å². The zero-order valence-electron chi connectivity index (χ0n) is 17.3. The third-order valence-electron chi connectivity index (χ3n) is 5.74. The van der Waals surface area contributed by atoms with Crippen LogP contribution in [-0.2, 0) is 13.0 Å². The molecule has 0 radical (unpaired) electrons. The number of benzene rings is 2. The predicted molar refractivity (Wildman–Crippen MR) is 113 cm³/mol. The van der Waals surface area contributed by atoms with E-state index in [1.165, 1.54) is 16.0 Å². The summed E-state index contributed by atoms with van der Waals surface area (Å²) >= 11 is 0. The highest BCUT2D eigenvalue weighted by Gasteiger charge is 2.30. The number of hydrogen-bond donors (Lipinski definition) is 2. The molecular weight excluding hydrogens is 380 g/mol. The van der Waals surface area contributed by atoms with Gasteiger partial charge in [0.05, 0.1) is 33.6 Å². The average Bonchev–Trinajstić information content (AvgIpc) is 3.33. The van der Waals surface area contributed by atoms with E-state index < -0.39 is 0 Å². The lowest BCUT2D eigenvalue weighted by atomic mass is 9.98. The Balaban J connectivity index is 1.49. The van der Waals surface area contributed by atoms with E-state index in [4.69, 9.17) is 13.9 Å². The number of carbonyl (C=O) groups excluding carboxylic acids is 1. The first-order valence-electron chi connectivity index (χ1n) is 10.1. The molecule has 2 heterocycles. The Labute approximate surface area is 176 Å². The summed E-state index contributed by atoms with van der Waals surface area (Å²) in [6.45, 7) is 2.39. The van der Waals surface area contributed by atoms with Crippen LogP contribution < -0.4 is 19.7 Å². The third-order valence-corrected chi connectivity index (χ3v) is 5.74. The highest BCUT2D eigenvalue weighted by atomic mass is 16.5. The van der Waals surface area contributed by atoms with Crippen LogP contribution in [0.5, 0.6) is 11.5 Å². The van der Waals surface area contributed by atoms with E-state index in [2.05, 4.69) is 29.6 Å². The average molecular weight is 407 g/mol. The van der Waals surface area contributed by atoms with Gasteiger partial charge in [-0.2, -0.15) is 0 Å². The molecule has 0 bridgehead atoms. The van der Waals surface area contributed by atoms with Crippen molar-refractivity contribution in [2.24, 2.45) is 0 Å². The maximum atomic E-state index is 12.8. The Morgan fingerprint density at radius 1 is 1.07 bits per heavy atom. The molecule has 1 unspecified atom stereocenters. The standard InChI is InChI=1S/C24H26N2O4/c1-28-22-10-9-18(14-23(22)29-2)24(27)25-15-20(21-8-5-13-30-21)26-12-11-17-6-3-4-7-19(17)16-26/h3-10,13-14,20H,11-12,15-16H2,1-2H3,(H,25,27)/p+1/t20-/m0/s1. The first-order valence-corrected chi connectivity index (χ1v) is 10.1. The van der Waals surface area contributed by atoms with Gasteiger partial charge in [-0.05, 0) is 35.9 Å². The van der Waals surface area contributed by atoms with Gasteiger partial charge in [0.15, 0.2) is 23.3 Å². The largest absolute Gasteiger partial charge is 0.493 e. The topological polar surface area (TPSA) is 65.1 Å². The predicted octanol–water partition coefficient (Wildman–Crippen LogP) is 2.41. The van der Waals surface area contributed by atoms with Crippen LogP contribution in [0.1, 0.15) is 33.3 Å². The smallest absolute Gasteiger partial charge is 0.251 e. The number of fused-ring (bicyclic) bond motifs is 1. The van der Waals surface area contributed by atoms with Gasteiger partial charge in [0, 0.05) is 17.5 Å². The maximum absolute atomic E-state index is 12.8. The molecule has 3 aromatic rings. The summed E-state index contributed by atoms with van der Waals surface area (Å²) < 4.78 is 16.3. The van der Waals surface area contributed by atoms with Gasteiger partial charge < -0.3 is 24.1 Å². The number of ether oxygens (including phenoxy) is 2. The first kappa shape index (κ1) is 20.0. The van der Waals surface area contributed by atoms with E-state index in [1.807, 2.05) is 12.1 Å². The molecule has 1 aliphatic heterocycles. The van der Waals surface area contributed by atoms with Crippen LogP contribution in [0.3, 0.4) is 0 Å². The van der Waals surface area contributed by atoms with E-state index in [0.29, 0.717) is 23.6 Å². The molecule has 0 saturated carbocycles. The van der Waals surface area contributed by atoms with Gasteiger partial charge in [-0.25, -0.2) is 0 Å². The van der Waals surface area contributed by atoms with Crippen LogP contribution in [0.2, 0.25) is 0 Å². The van der Waals surface area contributed by atoms with Crippen LogP contribution >= 0.6 is 0 Å². The van der Waals surface area contributed by atoms with E-state index in [1.54, 1.807) is 38.7 Å². The van der Waals surface area contributed by atoms with Crippen LogP contribution in [0, 0.1) is 0 Å². The summed E-state index contributed by atoms with van der Waals surface area (Å²) in [5.41, 5.74) is 3.31. The Bertz CT molecular complexity index is 1000. The molecule has 2 N–H and O–H groups in total. The van der Waals surface area contributed by atoms with Gasteiger partial charge in [-0.3, -0.25) is 4.79 Å². The Kier molecular flexibility index (Phi) is 6.05. The summed E-state index contributed by atoms with van der Waals surface area (Å²) in [5, 5.41) is 3.08. The Morgan fingerprint density at radius 2 is 1.87 bits per heavy atom. The number of nitrogens with one attached hydrogen (secondary N) is 2. The summed E-state index contributed by atoms with van der Waals surface area (Å²) in [6.07, 6.45) is 2.71.